The van der Waals surface area contributed by atoms with Crippen molar-refractivity contribution in [3.05, 3.63) is 29.8 Å². The third kappa shape index (κ3) is 4.00. The van der Waals surface area contributed by atoms with Gasteiger partial charge in [0.2, 0.25) is 0 Å². The molecule has 3 aliphatic rings. The average Bonchev–Trinajstić information content (AvgIpc) is 3.42. The summed E-state index contributed by atoms with van der Waals surface area (Å²) >= 11 is 0. The fourth-order valence-electron chi connectivity index (χ4n) is 4.66. The number of carbonyl (C=O) groups excluding carboxylic acids is 1. The Balaban J connectivity index is 1.29. The van der Waals surface area contributed by atoms with Crippen LogP contribution in [0.4, 0.5) is 5.69 Å². The molecule has 1 aliphatic heterocycles. The van der Waals surface area contributed by atoms with Crippen molar-refractivity contribution in [1.82, 2.24) is 5.32 Å². The lowest BCUT2D eigenvalue weighted by Crippen LogP contribution is -2.35. The standard InChI is InChI=1S/C21H30N2O2/c24-18-10-12-23(13-11-18)17-8-6-16(7-9-17)21(25)22-20-14-19(20)15-4-2-1-3-5-15/h6-9,15,18-20,24H,1-5,10-14H2,(H,22,25). The van der Waals surface area contributed by atoms with Crippen LogP contribution in [0.1, 0.15) is 61.7 Å². The van der Waals surface area contributed by atoms with E-state index in [0.717, 1.165) is 49.0 Å². The van der Waals surface area contributed by atoms with Gasteiger partial charge in [-0.05, 0) is 55.4 Å². The summed E-state index contributed by atoms with van der Waals surface area (Å²) < 4.78 is 0. The number of nitrogens with one attached hydrogen (secondary N) is 1. The molecule has 0 aromatic heterocycles. The highest BCUT2D eigenvalue weighted by Crippen LogP contribution is 2.44. The van der Waals surface area contributed by atoms with E-state index in [1.54, 1.807) is 0 Å². The summed E-state index contributed by atoms with van der Waals surface area (Å²) in [6.07, 6.45) is 9.52. The minimum absolute atomic E-state index is 0.0731. The van der Waals surface area contributed by atoms with Gasteiger partial charge in [-0.1, -0.05) is 32.1 Å². The van der Waals surface area contributed by atoms with Gasteiger partial charge in [0.1, 0.15) is 0 Å². The highest BCUT2D eigenvalue weighted by molar-refractivity contribution is 5.95. The van der Waals surface area contributed by atoms with Crippen LogP contribution in [0.25, 0.3) is 0 Å². The molecule has 0 bridgehead atoms. The maximum absolute atomic E-state index is 12.5. The topological polar surface area (TPSA) is 52.6 Å². The zero-order valence-electron chi connectivity index (χ0n) is 15.0. The van der Waals surface area contributed by atoms with E-state index < -0.39 is 0 Å². The van der Waals surface area contributed by atoms with Gasteiger partial charge in [0, 0.05) is 30.4 Å². The largest absolute Gasteiger partial charge is 0.393 e. The molecule has 1 heterocycles. The summed E-state index contributed by atoms with van der Waals surface area (Å²) in [5, 5.41) is 12.9. The first-order valence-corrected chi connectivity index (χ1v) is 10.0. The van der Waals surface area contributed by atoms with Crippen molar-refractivity contribution in [2.45, 2.75) is 63.5 Å². The minimum Gasteiger partial charge on any atom is -0.393 e. The van der Waals surface area contributed by atoms with Gasteiger partial charge in [-0.2, -0.15) is 0 Å². The molecule has 136 valence electrons. The maximum Gasteiger partial charge on any atom is 0.251 e. The second-order valence-electron chi connectivity index (χ2n) is 8.14. The molecular weight excluding hydrogens is 312 g/mol. The fourth-order valence-corrected chi connectivity index (χ4v) is 4.66. The Hall–Kier alpha value is -1.55. The summed E-state index contributed by atoms with van der Waals surface area (Å²) in [5.41, 5.74) is 1.91. The molecule has 2 aliphatic carbocycles. The smallest absolute Gasteiger partial charge is 0.251 e. The molecule has 2 saturated carbocycles. The molecule has 0 spiro atoms. The SMILES string of the molecule is O=C(NC1CC1C1CCCCC1)c1ccc(N2CCC(O)CC2)cc1. The summed E-state index contributed by atoms with van der Waals surface area (Å²) in [6, 6.07) is 8.36. The maximum atomic E-state index is 12.5. The lowest BCUT2D eigenvalue weighted by molar-refractivity contribution is 0.0946. The summed E-state index contributed by atoms with van der Waals surface area (Å²) in [5.74, 6) is 1.64. The number of rotatable bonds is 4. The van der Waals surface area contributed by atoms with E-state index in [1.165, 1.54) is 38.5 Å². The third-order valence-electron chi connectivity index (χ3n) is 6.37. The Morgan fingerprint density at radius 1 is 1.00 bits per heavy atom. The van der Waals surface area contributed by atoms with E-state index in [4.69, 9.17) is 0 Å². The second kappa shape index (κ2) is 7.36. The second-order valence-corrected chi connectivity index (χ2v) is 8.14. The Morgan fingerprint density at radius 2 is 1.68 bits per heavy atom. The normalized spacial score (nSPS) is 28.0. The molecule has 0 radical (unpaired) electrons. The van der Waals surface area contributed by atoms with Crippen molar-refractivity contribution in [2.24, 2.45) is 11.8 Å². The molecule has 2 unspecified atom stereocenters. The molecule has 3 fully saturated rings. The van der Waals surface area contributed by atoms with Crippen LogP contribution in [0, 0.1) is 11.8 Å². The molecular formula is C21H30N2O2. The van der Waals surface area contributed by atoms with Gasteiger partial charge in [0.25, 0.3) is 5.91 Å². The van der Waals surface area contributed by atoms with Crippen molar-refractivity contribution in [3.8, 4) is 0 Å². The minimum atomic E-state index is -0.156. The zero-order valence-corrected chi connectivity index (χ0v) is 15.0. The average molecular weight is 342 g/mol. The zero-order chi connectivity index (χ0) is 17.2. The molecule has 1 aromatic rings. The molecule has 25 heavy (non-hydrogen) atoms. The van der Waals surface area contributed by atoms with E-state index in [2.05, 4.69) is 10.2 Å². The van der Waals surface area contributed by atoms with Gasteiger partial charge in [0.05, 0.1) is 6.10 Å². The van der Waals surface area contributed by atoms with Crippen molar-refractivity contribution in [2.75, 3.05) is 18.0 Å². The van der Waals surface area contributed by atoms with Crippen LogP contribution in [0.3, 0.4) is 0 Å². The summed E-state index contributed by atoms with van der Waals surface area (Å²) in [6.45, 7) is 1.77. The van der Waals surface area contributed by atoms with E-state index in [-0.39, 0.29) is 12.0 Å². The van der Waals surface area contributed by atoms with Gasteiger partial charge >= 0.3 is 0 Å². The Kier molecular flexibility index (Phi) is 4.98. The number of hydrogen-bond donors (Lipinski definition) is 2. The first kappa shape index (κ1) is 16.9. The number of aliphatic hydroxyl groups is 1. The first-order valence-electron chi connectivity index (χ1n) is 10.0. The number of aliphatic hydroxyl groups excluding tert-OH is 1. The lowest BCUT2D eigenvalue weighted by Gasteiger charge is -2.31. The van der Waals surface area contributed by atoms with Gasteiger partial charge < -0.3 is 15.3 Å². The van der Waals surface area contributed by atoms with Crippen LogP contribution < -0.4 is 10.2 Å². The fraction of sp³-hybridized carbons (Fsp3) is 0.667. The van der Waals surface area contributed by atoms with Crippen LogP contribution in [0.15, 0.2) is 24.3 Å². The number of piperidine rings is 1. The van der Waals surface area contributed by atoms with Gasteiger partial charge in [-0.15, -0.1) is 0 Å². The molecule has 4 heteroatoms. The van der Waals surface area contributed by atoms with Crippen molar-refractivity contribution < 1.29 is 9.90 Å². The van der Waals surface area contributed by atoms with Crippen LogP contribution in [0.5, 0.6) is 0 Å². The number of nitrogens with zero attached hydrogens (tertiary/aromatic N) is 1. The monoisotopic (exact) mass is 342 g/mol. The molecule has 2 atom stereocenters. The van der Waals surface area contributed by atoms with E-state index in [0.29, 0.717) is 6.04 Å². The predicted molar refractivity (Wildman–Crippen MR) is 99.8 cm³/mol. The van der Waals surface area contributed by atoms with E-state index >= 15 is 0 Å². The molecule has 4 rings (SSSR count). The number of benzene rings is 1. The Labute approximate surface area is 150 Å². The molecule has 2 N–H and O–H groups in total. The summed E-state index contributed by atoms with van der Waals surface area (Å²) in [7, 11) is 0. The quantitative estimate of drug-likeness (QED) is 0.882. The lowest BCUT2D eigenvalue weighted by atomic mass is 9.85. The van der Waals surface area contributed by atoms with Crippen LogP contribution in [-0.2, 0) is 0 Å². The number of anilines is 1. The van der Waals surface area contributed by atoms with Crippen molar-refractivity contribution in [3.63, 3.8) is 0 Å². The number of amides is 1. The highest BCUT2D eigenvalue weighted by atomic mass is 16.3. The van der Waals surface area contributed by atoms with Crippen LogP contribution in [0.2, 0.25) is 0 Å². The van der Waals surface area contributed by atoms with E-state index in [9.17, 15) is 9.90 Å². The first-order chi connectivity index (χ1) is 12.2. The summed E-state index contributed by atoms with van der Waals surface area (Å²) in [4.78, 5) is 14.8. The molecule has 1 amide bonds. The third-order valence-corrected chi connectivity index (χ3v) is 6.37. The predicted octanol–water partition coefficient (Wildman–Crippen LogP) is 3.35. The van der Waals surface area contributed by atoms with Gasteiger partial charge in [-0.3, -0.25) is 4.79 Å². The highest BCUT2D eigenvalue weighted by Gasteiger charge is 2.43. The van der Waals surface area contributed by atoms with Crippen molar-refractivity contribution >= 4 is 11.6 Å². The molecule has 1 saturated heterocycles. The van der Waals surface area contributed by atoms with Crippen LogP contribution >= 0.6 is 0 Å². The molecule has 4 nitrogen and oxygen atoms in total. The van der Waals surface area contributed by atoms with Crippen LogP contribution in [-0.4, -0.2) is 36.2 Å². The van der Waals surface area contributed by atoms with Gasteiger partial charge in [0.15, 0.2) is 0 Å². The molecule has 1 aromatic carbocycles. The number of carbonyl (C=O) groups is 1. The Bertz CT molecular complexity index is 586. The van der Waals surface area contributed by atoms with Gasteiger partial charge in [-0.25, -0.2) is 0 Å². The van der Waals surface area contributed by atoms with Crippen molar-refractivity contribution in [1.29, 1.82) is 0 Å². The van der Waals surface area contributed by atoms with E-state index in [1.807, 2.05) is 24.3 Å². The number of hydrogen-bond acceptors (Lipinski definition) is 3. The Morgan fingerprint density at radius 3 is 2.36 bits per heavy atom.